The number of hydrogen-bond acceptors (Lipinski definition) is 7. The topological polar surface area (TPSA) is 99.2 Å². The SMILES string of the molecule is COC(=O)[C@H]1C[C@H](OS(C)(=O)=O)CN1C(=O)OCc1ccccc1. The van der Waals surface area contributed by atoms with Gasteiger partial charge in [0.05, 0.1) is 26.0 Å². The van der Waals surface area contributed by atoms with Crippen LogP contribution in [0.4, 0.5) is 4.79 Å². The summed E-state index contributed by atoms with van der Waals surface area (Å²) >= 11 is 0. The van der Waals surface area contributed by atoms with Crippen molar-refractivity contribution in [3.8, 4) is 0 Å². The third-order valence-electron chi connectivity index (χ3n) is 3.49. The molecule has 0 unspecified atom stereocenters. The first-order chi connectivity index (χ1) is 11.3. The van der Waals surface area contributed by atoms with Gasteiger partial charge in [-0.25, -0.2) is 9.59 Å². The normalized spacial score (nSPS) is 20.7. The fraction of sp³-hybridized carbons (Fsp3) is 0.467. The number of hydrogen-bond donors (Lipinski definition) is 0. The van der Waals surface area contributed by atoms with Gasteiger partial charge in [-0.1, -0.05) is 30.3 Å². The maximum atomic E-state index is 12.3. The van der Waals surface area contributed by atoms with E-state index in [1.54, 1.807) is 12.1 Å². The fourth-order valence-corrected chi connectivity index (χ4v) is 3.11. The molecule has 1 aliphatic rings. The summed E-state index contributed by atoms with van der Waals surface area (Å²) in [6, 6.07) is 8.12. The lowest BCUT2D eigenvalue weighted by atomic mass is 10.2. The van der Waals surface area contributed by atoms with Crippen molar-refractivity contribution in [2.24, 2.45) is 0 Å². The Balaban J connectivity index is 2.03. The maximum absolute atomic E-state index is 12.3. The summed E-state index contributed by atoms with van der Waals surface area (Å²) in [6.07, 6.45) is -0.598. The van der Waals surface area contributed by atoms with E-state index >= 15 is 0 Å². The van der Waals surface area contributed by atoms with Crippen LogP contribution in [-0.4, -0.2) is 57.4 Å². The van der Waals surface area contributed by atoms with Crippen molar-refractivity contribution < 1.29 is 31.7 Å². The molecule has 0 aliphatic carbocycles. The Morgan fingerprint density at radius 1 is 1.25 bits per heavy atom. The van der Waals surface area contributed by atoms with E-state index in [1.807, 2.05) is 18.2 Å². The van der Waals surface area contributed by atoms with Crippen LogP contribution in [0.3, 0.4) is 0 Å². The molecule has 0 N–H and O–H groups in total. The minimum absolute atomic E-state index is 0.0280. The number of likely N-dealkylation sites (tertiary alicyclic amines) is 1. The Kier molecular flexibility index (Phi) is 5.79. The Labute approximate surface area is 140 Å². The van der Waals surface area contributed by atoms with E-state index in [1.165, 1.54) is 7.11 Å². The molecule has 1 amide bonds. The summed E-state index contributed by atoms with van der Waals surface area (Å²) in [4.78, 5) is 25.2. The van der Waals surface area contributed by atoms with Crippen LogP contribution in [0, 0.1) is 0 Å². The van der Waals surface area contributed by atoms with Gasteiger partial charge in [0, 0.05) is 6.42 Å². The molecule has 2 atom stereocenters. The Morgan fingerprint density at radius 3 is 2.50 bits per heavy atom. The molecule has 132 valence electrons. The number of carbonyl (C=O) groups excluding carboxylic acids is 2. The Hall–Kier alpha value is -2.13. The highest BCUT2D eigenvalue weighted by Gasteiger charge is 2.43. The van der Waals surface area contributed by atoms with Crippen LogP contribution < -0.4 is 0 Å². The molecule has 2 rings (SSSR count). The van der Waals surface area contributed by atoms with Crippen LogP contribution in [0.1, 0.15) is 12.0 Å². The van der Waals surface area contributed by atoms with Crippen molar-refractivity contribution in [2.45, 2.75) is 25.2 Å². The lowest BCUT2D eigenvalue weighted by molar-refractivity contribution is -0.145. The molecule has 0 spiro atoms. The molecular weight excluding hydrogens is 338 g/mol. The first-order valence-corrected chi connectivity index (χ1v) is 9.05. The number of nitrogens with zero attached hydrogens (tertiary/aromatic N) is 1. The third-order valence-corrected chi connectivity index (χ3v) is 4.11. The van der Waals surface area contributed by atoms with Gasteiger partial charge in [-0.3, -0.25) is 9.08 Å². The summed E-state index contributed by atoms with van der Waals surface area (Å²) in [7, 11) is -2.50. The van der Waals surface area contributed by atoms with E-state index in [9.17, 15) is 18.0 Å². The van der Waals surface area contributed by atoms with E-state index in [0.29, 0.717) is 0 Å². The second kappa shape index (κ2) is 7.63. The molecule has 1 saturated heterocycles. The molecule has 0 aromatic heterocycles. The number of methoxy groups -OCH3 is 1. The maximum Gasteiger partial charge on any atom is 0.410 e. The van der Waals surface area contributed by atoms with E-state index in [4.69, 9.17) is 8.92 Å². The van der Waals surface area contributed by atoms with Gasteiger partial charge < -0.3 is 9.47 Å². The first-order valence-electron chi connectivity index (χ1n) is 7.23. The Morgan fingerprint density at radius 2 is 1.92 bits per heavy atom. The summed E-state index contributed by atoms with van der Waals surface area (Å²) in [5.41, 5.74) is 0.795. The van der Waals surface area contributed by atoms with Crippen molar-refractivity contribution in [1.82, 2.24) is 4.90 Å². The summed E-state index contributed by atoms with van der Waals surface area (Å²) < 4.78 is 37.2. The van der Waals surface area contributed by atoms with Crippen molar-refractivity contribution >= 4 is 22.2 Å². The van der Waals surface area contributed by atoms with Crippen molar-refractivity contribution in [3.05, 3.63) is 35.9 Å². The number of ether oxygens (including phenoxy) is 2. The van der Waals surface area contributed by atoms with Gasteiger partial charge in [-0.15, -0.1) is 0 Å². The number of benzene rings is 1. The smallest absolute Gasteiger partial charge is 0.410 e. The van der Waals surface area contributed by atoms with Crippen molar-refractivity contribution in [1.29, 1.82) is 0 Å². The molecular formula is C15H19NO7S. The van der Waals surface area contributed by atoms with Gasteiger partial charge in [0.25, 0.3) is 10.1 Å². The molecule has 1 aromatic rings. The zero-order valence-electron chi connectivity index (χ0n) is 13.4. The molecule has 0 saturated carbocycles. The lowest BCUT2D eigenvalue weighted by Gasteiger charge is -2.21. The molecule has 1 fully saturated rings. The second-order valence-corrected chi connectivity index (χ2v) is 6.99. The molecule has 8 nitrogen and oxygen atoms in total. The number of carbonyl (C=O) groups is 2. The first kappa shape index (κ1) is 18.2. The van der Waals surface area contributed by atoms with E-state index in [-0.39, 0.29) is 19.6 Å². The van der Waals surface area contributed by atoms with Gasteiger partial charge >= 0.3 is 12.1 Å². The van der Waals surface area contributed by atoms with Crippen LogP contribution in [0.15, 0.2) is 30.3 Å². The highest BCUT2D eigenvalue weighted by Crippen LogP contribution is 2.24. The zero-order valence-corrected chi connectivity index (χ0v) is 14.2. The van der Waals surface area contributed by atoms with Crippen LogP contribution >= 0.6 is 0 Å². The lowest BCUT2D eigenvalue weighted by Crippen LogP contribution is -2.41. The van der Waals surface area contributed by atoms with E-state index in [0.717, 1.165) is 16.7 Å². The highest BCUT2D eigenvalue weighted by atomic mass is 32.2. The zero-order chi connectivity index (χ0) is 17.7. The summed E-state index contributed by atoms with van der Waals surface area (Å²) in [6.45, 7) is -0.0257. The minimum atomic E-state index is -3.70. The monoisotopic (exact) mass is 357 g/mol. The van der Waals surface area contributed by atoms with Crippen LogP contribution in [0.2, 0.25) is 0 Å². The molecule has 1 aliphatic heterocycles. The molecule has 1 aromatic carbocycles. The number of rotatable bonds is 5. The fourth-order valence-electron chi connectivity index (χ4n) is 2.48. The minimum Gasteiger partial charge on any atom is -0.467 e. The molecule has 0 radical (unpaired) electrons. The Bertz CT molecular complexity index is 689. The second-order valence-electron chi connectivity index (χ2n) is 5.39. The van der Waals surface area contributed by atoms with Gasteiger partial charge in [0.2, 0.25) is 0 Å². The average molecular weight is 357 g/mol. The summed E-state index contributed by atoms with van der Waals surface area (Å²) in [5, 5.41) is 0. The van der Waals surface area contributed by atoms with Crippen LogP contribution in [0.5, 0.6) is 0 Å². The predicted octanol–water partition coefficient (Wildman–Crippen LogP) is 0.915. The number of esters is 1. The highest BCUT2D eigenvalue weighted by molar-refractivity contribution is 7.86. The summed E-state index contributed by atoms with van der Waals surface area (Å²) in [5.74, 6) is -0.647. The van der Waals surface area contributed by atoms with Crippen LogP contribution in [-0.2, 0) is 35.2 Å². The number of amides is 1. The van der Waals surface area contributed by atoms with Crippen molar-refractivity contribution in [2.75, 3.05) is 19.9 Å². The molecule has 1 heterocycles. The standard InChI is InChI=1S/C15H19NO7S/c1-21-14(17)13-8-12(23-24(2,19)20)9-16(13)15(18)22-10-11-6-4-3-5-7-11/h3-7,12-13H,8-10H2,1-2H3/t12-,13+/m0/s1. The predicted molar refractivity (Wildman–Crippen MR) is 83.5 cm³/mol. The van der Waals surface area contributed by atoms with E-state index < -0.39 is 34.3 Å². The van der Waals surface area contributed by atoms with Gasteiger partial charge in [0.1, 0.15) is 12.6 Å². The van der Waals surface area contributed by atoms with Crippen molar-refractivity contribution in [3.63, 3.8) is 0 Å². The molecule has 0 bridgehead atoms. The van der Waals surface area contributed by atoms with Gasteiger partial charge in [-0.05, 0) is 5.56 Å². The van der Waals surface area contributed by atoms with Gasteiger partial charge in [0.15, 0.2) is 0 Å². The largest absolute Gasteiger partial charge is 0.467 e. The van der Waals surface area contributed by atoms with Gasteiger partial charge in [-0.2, -0.15) is 8.42 Å². The van der Waals surface area contributed by atoms with E-state index in [2.05, 4.69) is 4.74 Å². The van der Waals surface area contributed by atoms with Crippen LogP contribution in [0.25, 0.3) is 0 Å². The molecule has 9 heteroatoms. The third kappa shape index (κ3) is 4.93. The molecule has 24 heavy (non-hydrogen) atoms. The average Bonchev–Trinajstić information content (AvgIpc) is 2.94. The quantitative estimate of drug-likeness (QED) is 0.570.